The lowest BCUT2D eigenvalue weighted by molar-refractivity contribution is 0.172. The van der Waals surface area contributed by atoms with Crippen LogP contribution in [-0.2, 0) is 11.3 Å². The molecule has 0 radical (unpaired) electrons. The van der Waals surface area contributed by atoms with E-state index in [1.165, 1.54) is 12.1 Å². The third-order valence-electron chi connectivity index (χ3n) is 5.91. The van der Waals surface area contributed by atoms with Crippen molar-refractivity contribution in [3.05, 3.63) is 65.7 Å². The van der Waals surface area contributed by atoms with Crippen LogP contribution in [0.15, 0.2) is 48.5 Å². The van der Waals surface area contributed by atoms with Crippen molar-refractivity contribution < 1.29 is 9.13 Å². The van der Waals surface area contributed by atoms with Crippen LogP contribution < -0.4 is 9.80 Å². The van der Waals surface area contributed by atoms with Crippen molar-refractivity contribution >= 4 is 11.4 Å². The molecule has 1 fully saturated rings. The van der Waals surface area contributed by atoms with Crippen molar-refractivity contribution in [1.29, 1.82) is 0 Å². The maximum atomic E-state index is 13.3. The van der Waals surface area contributed by atoms with Crippen molar-refractivity contribution in [3.8, 4) is 0 Å². The number of tetrazole rings is 1. The molecular weight excluding hydrogens is 409 g/mol. The molecule has 1 unspecified atom stereocenters. The molecule has 0 spiro atoms. The number of hydrogen-bond donors (Lipinski definition) is 0. The maximum absolute atomic E-state index is 13.3. The highest BCUT2D eigenvalue weighted by atomic mass is 19.1. The van der Waals surface area contributed by atoms with Gasteiger partial charge in [0.1, 0.15) is 5.82 Å². The van der Waals surface area contributed by atoms with Crippen LogP contribution in [-0.4, -0.2) is 79.1 Å². The summed E-state index contributed by atoms with van der Waals surface area (Å²) in [6.45, 7) is 4.52. The number of methoxy groups -OCH3 is 1. The van der Waals surface area contributed by atoms with Gasteiger partial charge in [0.05, 0.1) is 19.2 Å². The number of aromatic nitrogens is 4. The largest absolute Gasteiger partial charge is 0.383 e. The zero-order valence-corrected chi connectivity index (χ0v) is 18.9. The van der Waals surface area contributed by atoms with E-state index in [0.717, 1.165) is 48.9 Å². The van der Waals surface area contributed by atoms with Crippen LogP contribution in [0.1, 0.15) is 17.4 Å². The van der Waals surface area contributed by atoms with Crippen molar-refractivity contribution in [3.63, 3.8) is 0 Å². The molecule has 1 aliphatic rings. The number of piperazine rings is 1. The molecule has 1 atom stereocenters. The molecule has 1 saturated heterocycles. The van der Waals surface area contributed by atoms with Gasteiger partial charge >= 0.3 is 0 Å². The fourth-order valence-corrected chi connectivity index (χ4v) is 4.11. The summed E-state index contributed by atoms with van der Waals surface area (Å²) in [6.07, 6.45) is 0. The monoisotopic (exact) mass is 439 g/mol. The standard InChI is InChI=1S/C23H30FN7O/c1-28(2)20-8-4-18(5-9-20)22(23-25-26-27-31(23)16-17-32-3)30-14-12-29(13-15-30)21-10-6-19(24)7-11-21/h4-11,22H,12-17H2,1-3H3. The zero-order valence-electron chi connectivity index (χ0n) is 18.9. The van der Waals surface area contributed by atoms with Gasteiger partial charge in [-0.25, -0.2) is 9.07 Å². The van der Waals surface area contributed by atoms with E-state index in [0.29, 0.717) is 13.2 Å². The molecule has 0 bridgehead atoms. The molecule has 0 amide bonds. The van der Waals surface area contributed by atoms with E-state index < -0.39 is 0 Å². The normalized spacial score (nSPS) is 15.7. The Kier molecular flexibility index (Phi) is 6.96. The smallest absolute Gasteiger partial charge is 0.173 e. The number of benzene rings is 2. The molecule has 9 heteroatoms. The quantitative estimate of drug-likeness (QED) is 0.534. The average Bonchev–Trinajstić information content (AvgIpc) is 3.27. The molecular formula is C23H30FN7O. The second kappa shape index (κ2) is 10.1. The number of halogens is 1. The van der Waals surface area contributed by atoms with Gasteiger partial charge in [-0.2, -0.15) is 0 Å². The number of rotatable bonds is 8. The summed E-state index contributed by atoms with van der Waals surface area (Å²) >= 11 is 0. The van der Waals surface area contributed by atoms with Crippen molar-refractivity contribution in [1.82, 2.24) is 25.1 Å². The highest BCUT2D eigenvalue weighted by Gasteiger charge is 2.30. The summed E-state index contributed by atoms with van der Waals surface area (Å²) in [4.78, 5) is 6.79. The summed E-state index contributed by atoms with van der Waals surface area (Å²) in [5.74, 6) is 0.603. The Bertz CT molecular complexity index is 982. The average molecular weight is 440 g/mol. The van der Waals surface area contributed by atoms with E-state index in [1.54, 1.807) is 7.11 Å². The molecule has 0 saturated carbocycles. The molecule has 32 heavy (non-hydrogen) atoms. The van der Waals surface area contributed by atoms with Crippen LogP contribution in [0.2, 0.25) is 0 Å². The first-order valence-electron chi connectivity index (χ1n) is 10.8. The second-order valence-corrected chi connectivity index (χ2v) is 8.14. The lowest BCUT2D eigenvalue weighted by Gasteiger charge is -2.40. The van der Waals surface area contributed by atoms with Crippen LogP contribution in [0.25, 0.3) is 0 Å². The van der Waals surface area contributed by atoms with Gasteiger partial charge in [-0.1, -0.05) is 12.1 Å². The molecule has 1 aromatic heterocycles. The first-order chi connectivity index (χ1) is 15.6. The van der Waals surface area contributed by atoms with Gasteiger partial charge in [0.25, 0.3) is 0 Å². The Morgan fingerprint density at radius 3 is 2.31 bits per heavy atom. The minimum absolute atomic E-state index is 0.0616. The summed E-state index contributed by atoms with van der Waals surface area (Å²) in [5.41, 5.74) is 3.34. The molecule has 0 aliphatic carbocycles. The second-order valence-electron chi connectivity index (χ2n) is 8.14. The van der Waals surface area contributed by atoms with Crippen LogP contribution in [0, 0.1) is 5.82 Å². The van der Waals surface area contributed by atoms with Crippen molar-refractivity contribution in [2.75, 3.05) is 63.8 Å². The Labute approximate surface area is 188 Å². The molecule has 4 rings (SSSR count). The summed E-state index contributed by atoms with van der Waals surface area (Å²) in [5, 5.41) is 12.6. The summed E-state index contributed by atoms with van der Waals surface area (Å²) in [6, 6.07) is 15.2. The Hall–Kier alpha value is -3.04. The van der Waals surface area contributed by atoms with E-state index in [-0.39, 0.29) is 11.9 Å². The molecule has 3 aromatic rings. The third-order valence-corrected chi connectivity index (χ3v) is 5.91. The SMILES string of the molecule is COCCn1nnnc1C(c1ccc(N(C)C)cc1)N1CCN(c2ccc(F)cc2)CC1. The van der Waals surface area contributed by atoms with E-state index in [2.05, 4.69) is 54.5 Å². The maximum Gasteiger partial charge on any atom is 0.173 e. The van der Waals surface area contributed by atoms with Crippen LogP contribution in [0.5, 0.6) is 0 Å². The van der Waals surface area contributed by atoms with Gasteiger partial charge < -0.3 is 14.5 Å². The number of hydrogen-bond acceptors (Lipinski definition) is 7. The van der Waals surface area contributed by atoms with Crippen molar-refractivity contribution in [2.24, 2.45) is 0 Å². The molecule has 2 heterocycles. The van der Waals surface area contributed by atoms with Gasteiger partial charge in [-0.05, 0) is 52.4 Å². The Morgan fingerprint density at radius 2 is 1.69 bits per heavy atom. The van der Waals surface area contributed by atoms with Gasteiger partial charge in [-0.3, -0.25) is 4.90 Å². The number of ether oxygens (including phenoxy) is 1. The topological polar surface area (TPSA) is 62.6 Å². The van der Waals surface area contributed by atoms with Crippen LogP contribution in [0.3, 0.4) is 0 Å². The van der Waals surface area contributed by atoms with Gasteiger partial charge in [0.2, 0.25) is 0 Å². The first kappa shape index (κ1) is 22.2. The van der Waals surface area contributed by atoms with E-state index in [1.807, 2.05) is 30.9 Å². The molecule has 8 nitrogen and oxygen atoms in total. The molecule has 1 aliphatic heterocycles. The van der Waals surface area contributed by atoms with E-state index in [9.17, 15) is 4.39 Å². The van der Waals surface area contributed by atoms with E-state index >= 15 is 0 Å². The molecule has 170 valence electrons. The number of nitrogens with zero attached hydrogens (tertiary/aromatic N) is 7. The van der Waals surface area contributed by atoms with Crippen LogP contribution >= 0.6 is 0 Å². The minimum Gasteiger partial charge on any atom is -0.383 e. The Morgan fingerprint density at radius 1 is 1.00 bits per heavy atom. The summed E-state index contributed by atoms with van der Waals surface area (Å²) < 4.78 is 20.4. The Balaban J connectivity index is 1.58. The fourth-order valence-electron chi connectivity index (χ4n) is 4.11. The van der Waals surface area contributed by atoms with E-state index in [4.69, 9.17) is 4.74 Å². The predicted octanol–water partition coefficient (Wildman–Crippen LogP) is 2.44. The van der Waals surface area contributed by atoms with Gasteiger partial charge in [0.15, 0.2) is 5.82 Å². The minimum atomic E-state index is -0.212. The fraction of sp³-hybridized carbons (Fsp3) is 0.435. The molecule has 0 N–H and O–H groups in total. The van der Waals surface area contributed by atoms with Crippen LogP contribution in [0.4, 0.5) is 15.8 Å². The number of anilines is 2. The van der Waals surface area contributed by atoms with Gasteiger partial charge in [0, 0.05) is 58.8 Å². The highest BCUT2D eigenvalue weighted by molar-refractivity contribution is 5.48. The lowest BCUT2D eigenvalue weighted by atomic mass is 10.0. The predicted molar refractivity (Wildman–Crippen MR) is 122 cm³/mol. The summed E-state index contributed by atoms with van der Waals surface area (Å²) in [7, 11) is 5.75. The van der Waals surface area contributed by atoms with Crippen molar-refractivity contribution in [2.45, 2.75) is 12.6 Å². The third kappa shape index (κ3) is 4.89. The van der Waals surface area contributed by atoms with Gasteiger partial charge in [-0.15, -0.1) is 5.10 Å². The zero-order chi connectivity index (χ0) is 22.5. The first-order valence-corrected chi connectivity index (χ1v) is 10.8. The lowest BCUT2D eigenvalue weighted by Crippen LogP contribution is -2.48. The highest BCUT2D eigenvalue weighted by Crippen LogP contribution is 2.30. The molecule has 2 aromatic carbocycles.